The van der Waals surface area contributed by atoms with Crippen LogP contribution in [0.1, 0.15) is 31.4 Å². The molecule has 0 fully saturated rings. The lowest BCUT2D eigenvalue weighted by atomic mass is 10.1. The first-order valence-corrected chi connectivity index (χ1v) is 8.25. The Kier molecular flexibility index (Phi) is 6.67. The Morgan fingerprint density at radius 1 is 1.12 bits per heavy atom. The monoisotopic (exact) mass is 328 g/mol. The third-order valence-corrected chi connectivity index (χ3v) is 3.78. The molecular weight excluding hydrogens is 303 g/mol. The van der Waals surface area contributed by atoms with Gasteiger partial charge in [-0.05, 0) is 48.7 Å². The van der Waals surface area contributed by atoms with Gasteiger partial charge < -0.3 is 15.8 Å². The second-order valence-corrected chi connectivity index (χ2v) is 5.74. The van der Waals surface area contributed by atoms with Crippen LogP contribution in [0.15, 0.2) is 42.5 Å². The maximum Gasteiger partial charge on any atom is 0.142 e. The van der Waals surface area contributed by atoms with Crippen LogP contribution in [-0.4, -0.2) is 19.3 Å². The van der Waals surface area contributed by atoms with E-state index in [1.807, 2.05) is 24.3 Å². The molecule has 24 heavy (non-hydrogen) atoms. The number of nitrogen functional groups attached to an aromatic ring is 1. The van der Waals surface area contributed by atoms with Crippen LogP contribution in [-0.2, 0) is 0 Å². The van der Waals surface area contributed by atoms with Crippen molar-refractivity contribution in [2.45, 2.75) is 26.3 Å². The second-order valence-electron chi connectivity index (χ2n) is 5.74. The van der Waals surface area contributed by atoms with Crippen LogP contribution in [0.3, 0.4) is 0 Å². The van der Waals surface area contributed by atoms with Crippen LogP contribution in [0.2, 0.25) is 0 Å². The van der Waals surface area contributed by atoms with Gasteiger partial charge in [-0.3, -0.25) is 0 Å². The summed E-state index contributed by atoms with van der Waals surface area (Å²) in [4.78, 5) is 0. The summed E-state index contributed by atoms with van der Waals surface area (Å²) in [5, 5.41) is 3.44. The van der Waals surface area contributed by atoms with Crippen LogP contribution in [0.4, 0.5) is 15.8 Å². The van der Waals surface area contributed by atoms with Gasteiger partial charge in [0.05, 0.1) is 5.69 Å². The Morgan fingerprint density at radius 2 is 1.79 bits per heavy atom. The highest BCUT2D eigenvalue weighted by atomic mass is 19.1. The summed E-state index contributed by atoms with van der Waals surface area (Å²) >= 11 is 0. The lowest BCUT2D eigenvalue weighted by Gasteiger charge is -2.12. The Balaban J connectivity index is 2.04. The standard InChI is InChI=1S/C20H25FN2O/c1-3-15(2)23-18-9-6-16(7-10-18)4-5-17-8-11-19(22)20(14-17)24-13-12-21/h4-11,14-15,23H,3,12-13,22H2,1-2H3/b5-4+. The number of nitrogens with one attached hydrogen (secondary N) is 1. The molecule has 0 aliphatic rings. The van der Waals surface area contributed by atoms with Gasteiger partial charge in [0.1, 0.15) is 19.0 Å². The van der Waals surface area contributed by atoms with Crippen LogP contribution < -0.4 is 15.8 Å². The predicted molar refractivity (Wildman–Crippen MR) is 101 cm³/mol. The Labute approximate surface area is 143 Å². The van der Waals surface area contributed by atoms with E-state index in [9.17, 15) is 4.39 Å². The number of nitrogens with two attached hydrogens (primary N) is 1. The van der Waals surface area contributed by atoms with E-state index < -0.39 is 6.67 Å². The number of hydrogen-bond acceptors (Lipinski definition) is 3. The summed E-state index contributed by atoms with van der Waals surface area (Å²) < 4.78 is 17.5. The van der Waals surface area contributed by atoms with Gasteiger partial charge in [-0.25, -0.2) is 4.39 Å². The molecule has 0 bridgehead atoms. The summed E-state index contributed by atoms with van der Waals surface area (Å²) in [6, 6.07) is 14.2. The van der Waals surface area contributed by atoms with Gasteiger partial charge in [0, 0.05) is 11.7 Å². The van der Waals surface area contributed by atoms with E-state index in [0.717, 1.165) is 23.2 Å². The average Bonchev–Trinajstić information content (AvgIpc) is 2.61. The van der Waals surface area contributed by atoms with Crippen LogP contribution >= 0.6 is 0 Å². The van der Waals surface area contributed by atoms with Crippen LogP contribution in [0.5, 0.6) is 5.75 Å². The number of hydrogen-bond donors (Lipinski definition) is 2. The molecule has 0 saturated carbocycles. The van der Waals surface area contributed by atoms with E-state index in [2.05, 4.69) is 43.4 Å². The number of rotatable bonds is 8. The molecule has 0 aliphatic heterocycles. The van der Waals surface area contributed by atoms with Crippen molar-refractivity contribution in [1.82, 2.24) is 0 Å². The van der Waals surface area contributed by atoms with Crippen molar-refractivity contribution in [2.24, 2.45) is 0 Å². The quantitative estimate of drug-likeness (QED) is 0.529. The SMILES string of the molecule is CCC(C)Nc1ccc(/C=C/c2ccc(N)c(OCCF)c2)cc1. The molecule has 2 rings (SSSR count). The van der Waals surface area contributed by atoms with E-state index in [0.29, 0.717) is 17.5 Å². The molecule has 0 aromatic heterocycles. The third-order valence-electron chi connectivity index (χ3n) is 3.78. The van der Waals surface area contributed by atoms with Gasteiger partial charge in [-0.15, -0.1) is 0 Å². The first-order valence-electron chi connectivity index (χ1n) is 8.25. The number of ether oxygens (including phenoxy) is 1. The Bertz CT molecular complexity index is 668. The summed E-state index contributed by atoms with van der Waals surface area (Å²) in [5.74, 6) is 0.517. The maximum atomic E-state index is 12.2. The Hall–Kier alpha value is -2.49. The maximum absolute atomic E-state index is 12.2. The van der Waals surface area contributed by atoms with Crippen molar-refractivity contribution in [3.05, 3.63) is 53.6 Å². The van der Waals surface area contributed by atoms with E-state index in [-0.39, 0.29) is 6.61 Å². The molecule has 1 atom stereocenters. The van der Waals surface area contributed by atoms with Crippen molar-refractivity contribution < 1.29 is 9.13 Å². The fourth-order valence-corrected chi connectivity index (χ4v) is 2.20. The van der Waals surface area contributed by atoms with Crippen molar-refractivity contribution in [3.63, 3.8) is 0 Å². The highest BCUT2D eigenvalue weighted by Crippen LogP contribution is 2.24. The number of anilines is 2. The molecule has 0 spiro atoms. The van der Waals surface area contributed by atoms with Crippen LogP contribution in [0, 0.1) is 0 Å². The number of halogens is 1. The lowest BCUT2D eigenvalue weighted by molar-refractivity contribution is 0.274. The topological polar surface area (TPSA) is 47.3 Å². The smallest absolute Gasteiger partial charge is 0.142 e. The van der Waals surface area contributed by atoms with Crippen molar-refractivity contribution >= 4 is 23.5 Å². The highest BCUT2D eigenvalue weighted by Gasteiger charge is 2.01. The van der Waals surface area contributed by atoms with E-state index in [4.69, 9.17) is 10.5 Å². The summed E-state index contributed by atoms with van der Waals surface area (Å²) in [7, 11) is 0. The van der Waals surface area contributed by atoms with E-state index in [1.54, 1.807) is 6.07 Å². The molecule has 0 aliphatic carbocycles. The molecular formula is C20H25FN2O. The van der Waals surface area contributed by atoms with E-state index in [1.165, 1.54) is 0 Å². The lowest BCUT2D eigenvalue weighted by Crippen LogP contribution is -2.12. The van der Waals surface area contributed by atoms with Gasteiger partial charge in [0.25, 0.3) is 0 Å². The fraction of sp³-hybridized carbons (Fsp3) is 0.300. The highest BCUT2D eigenvalue weighted by molar-refractivity contribution is 5.72. The van der Waals surface area contributed by atoms with Gasteiger partial charge in [-0.1, -0.05) is 37.3 Å². The molecule has 0 saturated heterocycles. The molecule has 1 unspecified atom stereocenters. The number of benzene rings is 2. The summed E-state index contributed by atoms with van der Waals surface area (Å²) in [5.41, 5.74) is 9.53. The van der Waals surface area contributed by atoms with Gasteiger partial charge in [-0.2, -0.15) is 0 Å². The van der Waals surface area contributed by atoms with Gasteiger partial charge in [0.15, 0.2) is 0 Å². The first-order chi connectivity index (χ1) is 11.6. The predicted octanol–water partition coefficient (Wildman–Crippen LogP) is 5.00. The molecule has 128 valence electrons. The largest absolute Gasteiger partial charge is 0.489 e. The molecule has 2 aromatic carbocycles. The van der Waals surface area contributed by atoms with Gasteiger partial charge >= 0.3 is 0 Å². The van der Waals surface area contributed by atoms with Crippen molar-refractivity contribution in [1.29, 1.82) is 0 Å². The van der Waals surface area contributed by atoms with Crippen LogP contribution in [0.25, 0.3) is 12.2 Å². The van der Waals surface area contributed by atoms with E-state index >= 15 is 0 Å². The minimum absolute atomic E-state index is 0.0159. The van der Waals surface area contributed by atoms with Crippen molar-refractivity contribution in [3.8, 4) is 5.75 Å². The average molecular weight is 328 g/mol. The van der Waals surface area contributed by atoms with Crippen molar-refractivity contribution in [2.75, 3.05) is 24.3 Å². The zero-order valence-corrected chi connectivity index (χ0v) is 14.3. The molecule has 0 radical (unpaired) electrons. The molecule has 2 aromatic rings. The minimum atomic E-state index is -0.531. The second kappa shape index (κ2) is 8.96. The molecule has 0 heterocycles. The zero-order chi connectivity index (χ0) is 17.4. The first kappa shape index (κ1) is 17.9. The molecule has 3 nitrogen and oxygen atoms in total. The summed E-state index contributed by atoms with van der Waals surface area (Å²) in [6.07, 6.45) is 5.10. The Morgan fingerprint density at radius 3 is 2.46 bits per heavy atom. The minimum Gasteiger partial charge on any atom is -0.489 e. The summed E-state index contributed by atoms with van der Waals surface area (Å²) in [6.45, 7) is 3.81. The molecule has 4 heteroatoms. The zero-order valence-electron chi connectivity index (χ0n) is 14.3. The molecule has 3 N–H and O–H groups in total. The fourth-order valence-electron chi connectivity index (χ4n) is 2.20. The number of alkyl halides is 1. The third kappa shape index (κ3) is 5.30. The normalized spacial score (nSPS) is 12.3. The molecule has 0 amide bonds. The van der Waals surface area contributed by atoms with Gasteiger partial charge in [0.2, 0.25) is 0 Å².